The molecule has 0 aliphatic rings. The molecule has 0 unspecified atom stereocenters. The number of aryl methyl sites for hydroxylation is 1. The van der Waals surface area contributed by atoms with Crippen LogP contribution in [0.1, 0.15) is 21.5 Å². The summed E-state index contributed by atoms with van der Waals surface area (Å²) in [6.07, 6.45) is 0. The number of methoxy groups -OCH3 is 2. The number of nitrogens with zero attached hydrogens (tertiary/aromatic N) is 1. The van der Waals surface area contributed by atoms with Gasteiger partial charge in [0.05, 0.1) is 19.8 Å². The second kappa shape index (κ2) is 8.89. The summed E-state index contributed by atoms with van der Waals surface area (Å²) in [5.41, 5.74) is 2.45. The Bertz CT molecular complexity index is 788. The van der Waals surface area contributed by atoms with Crippen molar-refractivity contribution in [2.24, 2.45) is 0 Å². The van der Waals surface area contributed by atoms with E-state index in [4.69, 9.17) is 14.2 Å². The minimum absolute atomic E-state index is 0.276. The maximum atomic E-state index is 12.2. The lowest BCUT2D eigenvalue weighted by Crippen LogP contribution is -2.31. The van der Waals surface area contributed by atoms with Gasteiger partial charge in [-0.3, -0.25) is 4.79 Å². The van der Waals surface area contributed by atoms with Crippen molar-refractivity contribution in [2.75, 3.05) is 27.9 Å². The predicted molar refractivity (Wildman–Crippen MR) is 97.5 cm³/mol. The molecule has 0 radical (unpaired) electrons. The molecule has 26 heavy (non-hydrogen) atoms. The fraction of sp³-hybridized carbons (Fsp3) is 0.300. The number of esters is 1. The van der Waals surface area contributed by atoms with Gasteiger partial charge in [-0.15, -0.1) is 0 Å². The summed E-state index contributed by atoms with van der Waals surface area (Å²) in [6, 6.07) is 12.5. The van der Waals surface area contributed by atoms with E-state index in [0.717, 1.165) is 11.1 Å². The number of rotatable bonds is 7. The Morgan fingerprint density at radius 1 is 1.00 bits per heavy atom. The Balaban J connectivity index is 1.94. The first kappa shape index (κ1) is 19.3. The molecule has 2 rings (SSSR count). The lowest BCUT2D eigenvalue weighted by molar-refractivity contribution is -0.133. The van der Waals surface area contributed by atoms with Crippen molar-refractivity contribution >= 4 is 11.9 Å². The molecule has 0 spiro atoms. The van der Waals surface area contributed by atoms with Gasteiger partial charge in [-0.2, -0.15) is 0 Å². The van der Waals surface area contributed by atoms with Crippen molar-refractivity contribution in [3.63, 3.8) is 0 Å². The van der Waals surface area contributed by atoms with Crippen LogP contribution >= 0.6 is 0 Å². The lowest BCUT2D eigenvalue weighted by atomic mass is 10.1. The maximum absolute atomic E-state index is 12.2. The third-order valence-electron chi connectivity index (χ3n) is 4.04. The molecule has 0 aromatic heterocycles. The van der Waals surface area contributed by atoms with E-state index in [1.165, 1.54) is 25.2 Å². The monoisotopic (exact) mass is 357 g/mol. The van der Waals surface area contributed by atoms with Crippen LogP contribution in [-0.2, 0) is 16.1 Å². The zero-order chi connectivity index (χ0) is 19.1. The van der Waals surface area contributed by atoms with Crippen LogP contribution in [0.15, 0.2) is 42.5 Å². The molecule has 6 heteroatoms. The molecule has 6 nitrogen and oxygen atoms in total. The molecule has 0 atom stereocenters. The first-order valence-electron chi connectivity index (χ1n) is 8.14. The minimum atomic E-state index is -0.594. The smallest absolute Gasteiger partial charge is 0.338 e. The highest BCUT2D eigenvalue weighted by Gasteiger charge is 2.16. The van der Waals surface area contributed by atoms with Crippen LogP contribution in [0.3, 0.4) is 0 Å². The topological polar surface area (TPSA) is 65.1 Å². The van der Waals surface area contributed by atoms with Crippen LogP contribution in [0.25, 0.3) is 0 Å². The van der Waals surface area contributed by atoms with E-state index in [2.05, 4.69) is 0 Å². The van der Waals surface area contributed by atoms with E-state index in [1.54, 1.807) is 19.2 Å². The number of benzene rings is 2. The molecule has 0 heterocycles. The second-order valence-electron chi connectivity index (χ2n) is 5.82. The Morgan fingerprint density at radius 2 is 1.69 bits per heavy atom. The number of hydrogen-bond acceptors (Lipinski definition) is 5. The summed E-state index contributed by atoms with van der Waals surface area (Å²) in [5, 5.41) is 0. The summed E-state index contributed by atoms with van der Waals surface area (Å²) in [6.45, 7) is 2.12. The van der Waals surface area contributed by atoms with Gasteiger partial charge in [-0.25, -0.2) is 4.79 Å². The number of amides is 1. The van der Waals surface area contributed by atoms with E-state index in [9.17, 15) is 9.59 Å². The largest absolute Gasteiger partial charge is 0.493 e. The van der Waals surface area contributed by atoms with Crippen LogP contribution in [0.5, 0.6) is 11.5 Å². The van der Waals surface area contributed by atoms with Gasteiger partial charge in [0.25, 0.3) is 5.91 Å². The summed E-state index contributed by atoms with van der Waals surface area (Å²) >= 11 is 0. The quantitative estimate of drug-likeness (QED) is 0.713. The number of ether oxygens (including phenoxy) is 3. The van der Waals surface area contributed by atoms with Gasteiger partial charge in [-0.05, 0) is 36.2 Å². The first-order chi connectivity index (χ1) is 12.5. The number of hydrogen-bond donors (Lipinski definition) is 0. The van der Waals surface area contributed by atoms with Crippen LogP contribution in [0.2, 0.25) is 0 Å². The standard InChI is InChI=1S/C20H23NO5/c1-14-7-5-6-8-16(14)12-21(2)19(22)13-26-20(23)15-9-10-17(24-3)18(11-15)25-4/h5-11H,12-13H2,1-4H3. The molecule has 2 aromatic rings. The van der Waals surface area contributed by atoms with Crippen molar-refractivity contribution in [2.45, 2.75) is 13.5 Å². The van der Waals surface area contributed by atoms with Gasteiger partial charge in [-0.1, -0.05) is 24.3 Å². The van der Waals surface area contributed by atoms with Crippen molar-refractivity contribution in [3.05, 3.63) is 59.2 Å². The molecule has 0 aliphatic heterocycles. The normalized spacial score (nSPS) is 10.2. The van der Waals surface area contributed by atoms with Gasteiger partial charge in [0.1, 0.15) is 0 Å². The van der Waals surface area contributed by atoms with Crippen molar-refractivity contribution in [1.29, 1.82) is 0 Å². The van der Waals surface area contributed by atoms with Crippen molar-refractivity contribution in [3.8, 4) is 11.5 Å². The van der Waals surface area contributed by atoms with E-state index in [1.807, 2.05) is 31.2 Å². The zero-order valence-electron chi connectivity index (χ0n) is 15.4. The molecule has 138 valence electrons. The van der Waals surface area contributed by atoms with Gasteiger partial charge < -0.3 is 19.1 Å². The molecular formula is C20H23NO5. The maximum Gasteiger partial charge on any atom is 0.338 e. The fourth-order valence-corrected chi connectivity index (χ4v) is 2.42. The summed E-state index contributed by atoms with van der Waals surface area (Å²) < 4.78 is 15.4. The summed E-state index contributed by atoms with van der Waals surface area (Å²) in [4.78, 5) is 25.9. The molecule has 0 saturated heterocycles. The van der Waals surface area contributed by atoms with Crippen LogP contribution < -0.4 is 9.47 Å². The molecule has 0 bridgehead atoms. The number of carbonyl (C=O) groups excluding carboxylic acids is 2. The minimum Gasteiger partial charge on any atom is -0.493 e. The number of carbonyl (C=O) groups is 2. The fourth-order valence-electron chi connectivity index (χ4n) is 2.42. The van der Waals surface area contributed by atoms with E-state index < -0.39 is 5.97 Å². The predicted octanol–water partition coefficient (Wildman–Crippen LogP) is 2.83. The van der Waals surface area contributed by atoms with Crippen LogP contribution in [0.4, 0.5) is 0 Å². The third-order valence-corrected chi connectivity index (χ3v) is 4.04. The highest BCUT2D eigenvalue weighted by atomic mass is 16.5. The molecular weight excluding hydrogens is 334 g/mol. The average Bonchev–Trinajstić information content (AvgIpc) is 2.66. The highest BCUT2D eigenvalue weighted by molar-refractivity contribution is 5.92. The number of likely N-dealkylation sites (N-methyl/N-ethyl adjacent to an activating group) is 1. The third kappa shape index (κ3) is 4.75. The Kier molecular flexibility index (Phi) is 6.60. The Hall–Kier alpha value is -3.02. The Labute approximate surface area is 153 Å². The first-order valence-corrected chi connectivity index (χ1v) is 8.14. The lowest BCUT2D eigenvalue weighted by Gasteiger charge is -2.18. The second-order valence-corrected chi connectivity index (χ2v) is 5.82. The zero-order valence-corrected chi connectivity index (χ0v) is 15.4. The van der Waals surface area contributed by atoms with Gasteiger partial charge in [0, 0.05) is 13.6 Å². The van der Waals surface area contributed by atoms with Crippen LogP contribution in [-0.4, -0.2) is 44.7 Å². The van der Waals surface area contributed by atoms with Gasteiger partial charge >= 0.3 is 5.97 Å². The SMILES string of the molecule is COc1ccc(C(=O)OCC(=O)N(C)Cc2ccccc2C)cc1OC. The Morgan fingerprint density at radius 3 is 2.35 bits per heavy atom. The van der Waals surface area contributed by atoms with E-state index in [-0.39, 0.29) is 18.1 Å². The van der Waals surface area contributed by atoms with Crippen molar-refractivity contribution < 1.29 is 23.8 Å². The molecule has 2 aromatic carbocycles. The van der Waals surface area contributed by atoms with Gasteiger partial charge in [0.15, 0.2) is 18.1 Å². The molecule has 0 fully saturated rings. The van der Waals surface area contributed by atoms with Crippen molar-refractivity contribution in [1.82, 2.24) is 4.90 Å². The van der Waals surface area contributed by atoms with Crippen LogP contribution in [0, 0.1) is 6.92 Å². The van der Waals surface area contributed by atoms with E-state index in [0.29, 0.717) is 18.0 Å². The molecule has 1 amide bonds. The average molecular weight is 357 g/mol. The van der Waals surface area contributed by atoms with E-state index >= 15 is 0 Å². The molecule has 0 aliphatic carbocycles. The summed E-state index contributed by atoms with van der Waals surface area (Å²) in [5.74, 6) is 0.0636. The summed E-state index contributed by atoms with van der Waals surface area (Å²) in [7, 11) is 4.68. The highest BCUT2D eigenvalue weighted by Crippen LogP contribution is 2.27. The molecule has 0 saturated carbocycles. The molecule has 0 N–H and O–H groups in total. The van der Waals surface area contributed by atoms with Gasteiger partial charge in [0.2, 0.25) is 0 Å².